The van der Waals surface area contributed by atoms with Gasteiger partial charge in [-0.15, -0.1) is 0 Å². The van der Waals surface area contributed by atoms with Crippen LogP contribution in [0.25, 0.3) is 11.1 Å². The van der Waals surface area contributed by atoms with Crippen LogP contribution in [0.2, 0.25) is 39.9 Å². The minimum Gasteiger partial charge on any atom is -1.00 e. The fourth-order valence-electron chi connectivity index (χ4n) is 9.88. The second-order valence-corrected chi connectivity index (χ2v) is 38.6. The third-order valence-electron chi connectivity index (χ3n) is 14.1. The summed E-state index contributed by atoms with van der Waals surface area (Å²) in [7, 11) is -3.01. The summed E-state index contributed by atoms with van der Waals surface area (Å²) < 4.78 is 2.64. The standard InChI is InChI=1S/C25H38Si2.C21H25.C5H5.2ClH.Hf/c1-7-26(8-2,9-3)24-17-13-22(14-18-24)21-23-15-19-25(20-16-23)27(10-4,11-5)12-6;1-20(2,3)16-7-9-18-14(12-16)11-15-13-17(21(4,5)6)8-10-19(15)18;1-2-4-5-3-1;;;/h13-20H,7-12H2,1-6H3;7-13H,1-6H3;1-5H;2*1H;/q;;;;;+2/p-2. The summed E-state index contributed by atoms with van der Waals surface area (Å²) in [5, 5.41) is 3.29. The Morgan fingerprint density at radius 1 is 0.500 bits per heavy atom. The molecule has 4 aromatic rings. The molecule has 298 valence electrons. The van der Waals surface area contributed by atoms with Gasteiger partial charge in [-0.3, -0.25) is 0 Å². The molecule has 56 heavy (non-hydrogen) atoms. The predicted octanol–water partition coefficient (Wildman–Crippen LogP) is 7.59. The monoisotopic (exact) mass is 986 g/mol. The van der Waals surface area contributed by atoms with Crippen molar-refractivity contribution in [3.8, 4) is 11.1 Å². The van der Waals surface area contributed by atoms with Crippen molar-refractivity contribution in [3.05, 3.63) is 143 Å². The Morgan fingerprint density at radius 2 is 0.839 bits per heavy atom. The number of allylic oxidation sites excluding steroid dienone is 4. The Kier molecular flexibility index (Phi) is 15.5. The number of rotatable bonds is 12. The molecule has 0 aliphatic heterocycles. The summed E-state index contributed by atoms with van der Waals surface area (Å²) in [6.45, 7) is 28.9. The van der Waals surface area contributed by atoms with Gasteiger partial charge >= 0.3 is 342 Å². The summed E-state index contributed by atoms with van der Waals surface area (Å²) >= 11 is -3.07. The van der Waals surface area contributed by atoms with E-state index in [0.29, 0.717) is 7.35 Å². The molecule has 2 aliphatic rings. The molecule has 4 aromatic carbocycles. The Bertz CT molecular complexity index is 1890. The average molecular weight is 987 g/mol. The van der Waals surface area contributed by atoms with Gasteiger partial charge in [-0.2, -0.15) is 0 Å². The number of halogens is 2. The third-order valence-corrected chi connectivity index (χ3v) is 37.9. The first-order chi connectivity index (χ1) is 25.7. The molecule has 0 saturated carbocycles. The topological polar surface area (TPSA) is 0 Å². The smallest absolute Gasteiger partial charge is 1.00 e. The van der Waals surface area contributed by atoms with Crippen LogP contribution < -0.4 is 35.2 Å². The van der Waals surface area contributed by atoms with Gasteiger partial charge in [0.1, 0.15) is 0 Å². The van der Waals surface area contributed by atoms with E-state index < -0.39 is 37.1 Å². The second kappa shape index (κ2) is 18.6. The summed E-state index contributed by atoms with van der Waals surface area (Å²) in [6.07, 6.45) is 9.85. The molecule has 0 amide bonds. The van der Waals surface area contributed by atoms with E-state index in [4.69, 9.17) is 0 Å². The van der Waals surface area contributed by atoms with E-state index in [1.807, 2.05) is 0 Å². The molecular formula is C51H68Cl2HfSi2. The van der Waals surface area contributed by atoms with Crippen molar-refractivity contribution in [1.29, 1.82) is 0 Å². The fraction of sp³-hybridized carbons (Fsp3) is 0.431. The van der Waals surface area contributed by atoms with Crippen molar-refractivity contribution >= 4 is 29.8 Å². The van der Waals surface area contributed by atoms with Crippen LogP contribution in [0.3, 0.4) is 0 Å². The molecule has 0 heterocycles. The molecule has 2 aliphatic carbocycles. The molecule has 5 heteroatoms. The largest absolute Gasteiger partial charge is 1.00 e. The van der Waals surface area contributed by atoms with Gasteiger partial charge in [0.2, 0.25) is 0 Å². The van der Waals surface area contributed by atoms with Crippen LogP contribution in [0.1, 0.15) is 120 Å². The first-order valence-corrected chi connectivity index (χ1v) is 32.5. The molecular weight excluding hydrogens is 918 g/mol. The van der Waals surface area contributed by atoms with Crippen molar-refractivity contribution in [3.63, 3.8) is 0 Å². The average Bonchev–Trinajstić information content (AvgIpc) is 3.82. The zero-order chi connectivity index (χ0) is 39.1. The van der Waals surface area contributed by atoms with E-state index in [1.165, 1.54) is 69.6 Å². The number of benzene rings is 4. The molecule has 0 spiro atoms. The number of hydrogen-bond acceptors (Lipinski definition) is 0. The first-order valence-electron chi connectivity index (χ1n) is 21.3. The van der Waals surface area contributed by atoms with Crippen molar-refractivity contribution in [1.82, 2.24) is 0 Å². The van der Waals surface area contributed by atoms with E-state index in [9.17, 15) is 0 Å². The van der Waals surface area contributed by atoms with Crippen LogP contribution in [0.4, 0.5) is 0 Å². The summed E-state index contributed by atoms with van der Waals surface area (Å²) in [5.74, 6) is 0. The van der Waals surface area contributed by atoms with Crippen LogP contribution in [0.5, 0.6) is 0 Å². The molecule has 0 atom stereocenters. The number of fused-ring (bicyclic) bond motifs is 3. The second-order valence-electron chi connectivity index (χ2n) is 18.5. The maximum absolute atomic E-state index is 3.07. The van der Waals surface area contributed by atoms with Gasteiger partial charge in [0.15, 0.2) is 0 Å². The van der Waals surface area contributed by atoms with Gasteiger partial charge in [-0.25, -0.2) is 0 Å². The first kappa shape index (κ1) is 46.8. The van der Waals surface area contributed by atoms with Crippen molar-refractivity contribution in [2.45, 2.75) is 138 Å². The number of hydrogen-bond donors (Lipinski definition) is 0. The summed E-state index contributed by atoms with van der Waals surface area (Å²) in [6, 6.07) is 43.6. The van der Waals surface area contributed by atoms with Gasteiger partial charge in [0, 0.05) is 0 Å². The Labute approximate surface area is 364 Å². The fourth-order valence-corrected chi connectivity index (χ4v) is 30.7. The minimum atomic E-state index is -3.07. The van der Waals surface area contributed by atoms with Gasteiger partial charge in [0.25, 0.3) is 0 Å². The Hall–Kier alpha value is -1.89. The van der Waals surface area contributed by atoms with Gasteiger partial charge in [-0.05, 0) is 0 Å². The molecule has 0 radical (unpaired) electrons. The molecule has 0 bridgehead atoms. The van der Waals surface area contributed by atoms with Crippen molar-refractivity contribution < 1.29 is 45.8 Å². The van der Waals surface area contributed by atoms with Gasteiger partial charge in [-0.1, -0.05) is 0 Å². The van der Waals surface area contributed by atoms with Crippen LogP contribution in [0.15, 0.2) is 109 Å². The van der Waals surface area contributed by atoms with Crippen molar-refractivity contribution in [2.24, 2.45) is 0 Å². The van der Waals surface area contributed by atoms with Gasteiger partial charge < -0.3 is 24.8 Å². The zero-order valence-electron chi connectivity index (χ0n) is 36.5. The summed E-state index contributed by atoms with van der Waals surface area (Å²) in [4.78, 5) is 0. The Morgan fingerprint density at radius 3 is 1.14 bits per heavy atom. The van der Waals surface area contributed by atoms with Crippen LogP contribution in [-0.2, 0) is 31.8 Å². The van der Waals surface area contributed by atoms with Gasteiger partial charge in [0.05, 0.1) is 0 Å². The molecule has 0 fully saturated rings. The van der Waals surface area contributed by atoms with Crippen LogP contribution in [0, 0.1) is 0 Å². The van der Waals surface area contributed by atoms with E-state index >= 15 is 0 Å². The predicted molar refractivity (Wildman–Crippen MR) is 243 cm³/mol. The normalized spacial score (nSPS) is 14.1. The third kappa shape index (κ3) is 8.70. The van der Waals surface area contributed by atoms with Crippen molar-refractivity contribution in [2.75, 3.05) is 0 Å². The maximum Gasteiger partial charge on any atom is -1.00 e. The quantitative estimate of drug-likeness (QED) is 0.129. The van der Waals surface area contributed by atoms with E-state index in [2.05, 4.69) is 192 Å². The maximum atomic E-state index is 2.64. The zero-order valence-corrected chi connectivity index (χ0v) is 43.7. The SMILES string of the molecule is CC[Si](CC)(CC)c1ccc([C](c2ccc([Si](CC)(CC)CC)cc2)=[Hf+2]([CH]2C=CC=C2)[CH]2c3cc(C(C)(C)C)ccc3-c3ccc(C(C)(C)C)cc32)cc1.[Cl-].[Cl-]. The van der Waals surface area contributed by atoms with E-state index in [-0.39, 0.29) is 35.6 Å². The molecule has 0 unspecified atom stereocenters. The molecule has 6 rings (SSSR count). The van der Waals surface area contributed by atoms with E-state index in [0.717, 1.165) is 0 Å². The minimum absolute atomic E-state index is 0. The molecule has 0 aromatic heterocycles. The van der Waals surface area contributed by atoms with E-state index in [1.54, 1.807) is 24.8 Å². The van der Waals surface area contributed by atoms with Crippen LogP contribution >= 0.6 is 0 Å². The Balaban J connectivity index is 0.00000348. The van der Waals surface area contributed by atoms with Crippen LogP contribution in [-0.4, -0.2) is 19.4 Å². The molecule has 0 saturated heterocycles. The molecule has 0 N–H and O–H groups in total. The summed E-state index contributed by atoms with van der Waals surface area (Å²) in [5.41, 5.74) is 12.2. The molecule has 0 nitrogen and oxygen atoms in total.